The molecule has 2 saturated heterocycles. The van der Waals surface area contributed by atoms with Crippen LogP contribution in [-0.4, -0.2) is 59.6 Å². The Balaban J connectivity index is 1.47. The molecule has 0 radical (unpaired) electrons. The molecule has 2 aliphatic heterocycles. The minimum absolute atomic E-state index is 0.0204. The molecular weight excluding hydrogens is 542 g/mol. The fraction of sp³-hybridized carbons (Fsp3) is 0.355. The molecule has 1 unspecified atom stereocenters. The van der Waals surface area contributed by atoms with E-state index in [-0.39, 0.29) is 35.3 Å². The summed E-state index contributed by atoms with van der Waals surface area (Å²) in [5.74, 6) is 0.0497. The van der Waals surface area contributed by atoms with Crippen LogP contribution in [0.3, 0.4) is 0 Å². The van der Waals surface area contributed by atoms with E-state index in [4.69, 9.17) is 16.0 Å². The van der Waals surface area contributed by atoms with Crippen LogP contribution in [0.4, 0.5) is 5.69 Å². The Labute approximate surface area is 243 Å². The predicted octanol–water partition coefficient (Wildman–Crippen LogP) is 5.02. The van der Waals surface area contributed by atoms with Crippen LogP contribution >= 0.6 is 11.6 Å². The van der Waals surface area contributed by atoms with Crippen LogP contribution in [0.25, 0.3) is 11.0 Å². The molecule has 41 heavy (non-hydrogen) atoms. The lowest BCUT2D eigenvalue weighted by Gasteiger charge is -2.28. The molecule has 3 aromatic rings. The lowest BCUT2D eigenvalue weighted by Crippen LogP contribution is -2.49. The number of fused-ring (bicyclic) bond motifs is 1. The van der Waals surface area contributed by atoms with Gasteiger partial charge in [0.1, 0.15) is 34.8 Å². The van der Waals surface area contributed by atoms with Gasteiger partial charge < -0.3 is 24.9 Å². The Hall–Kier alpha value is -4.29. The molecule has 1 atom stereocenters. The minimum Gasteiger partial charge on any atom is -0.461 e. The van der Waals surface area contributed by atoms with Crippen molar-refractivity contribution < 1.29 is 18.8 Å². The molecule has 0 saturated carbocycles. The summed E-state index contributed by atoms with van der Waals surface area (Å²) in [6.45, 7) is 3.79. The van der Waals surface area contributed by atoms with Crippen LogP contribution in [0.5, 0.6) is 0 Å². The lowest BCUT2D eigenvalue weighted by atomic mass is 10.0. The van der Waals surface area contributed by atoms with Crippen LogP contribution in [0.2, 0.25) is 5.02 Å². The Morgan fingerprint density at radius 1 is 1.07 bits per heavy atom. The van der Waals surface area contributed by atoms with E-state index in [9.17, 15) is 19.6 Å². The summed E-state index contributed by atoms with van der Waals surface area (Å²) in [4.78, 5) is 43.5. The van der Waals surface area contributed by atoms with E-state index in [1.807, 2.05) is 25.1 Å². The van der Waals surface area contributed by atoms with E-state index < -0.39 is 11.8 Å². The van der Waals surface area contributed by atoms with Crippen molar-refractivity contribution in [3.63, 3.8) is 0 Å². The van der Waals surface area contributed by atoms with Gasteiger partial charge >= 0.3 is 0 Å². The summed E-state index contributed by atoms with van der Waals surface area (Å²) < 4.78 is 5.68. The number of allylic oxidation sites excluding steroid dienone is 1. The summed E-state index contributed by atoms with van der Waals surface area (Å²) in [5, 5.41) is 17.8. The third-order valence-electron chi connectivity index (χ3n) is 7.47. The van der Waals surface area contributed by atoms with Gasteiger partial charge in [-0.1, -0.05) is 23.7 Å². The third kappa shape index (κ3) is 6.55. The summed E-state index contributed by atoms with van der Waals surface area (Å²) in [7, 11) is 0. The summed E-state index contributed by atoms with van der Waals surface area (Å²) in [6.07, 6.45) is 3.95. The second kappa shape index (κ2) is 12.5. The first kappa shape index (κ1) is 28.2. The molecule has 2 aliphatic rings. The number of nitrogens with zero attached hydrogens (tertiary/aromatic N) is 3. The van der Waals surface area contributed by atoms with Gasteiger partial charge in [0.15, 0.2) is 0 Å². The number of amides is 2. The van der Waals surface area contributed by atoms with Gasteiger partial charge in [-0.25, -0.2) is 0 Å². The van der Waals surface area contributed by atoms with E-state index in [0.717, 1.165) is 49.9 Å². The van der Waals surface area contributed by atoms with Crippen molar-refractivity contribution in [2.75, 3.05) is 31.5 Å². The summed E-state index contributed by atoms with van der Waals surface area (Å²) in [6, 6.07) is 15.0. The number of hydrogen-bond donors (Lipinski definition) is 2. The normalized spacial score (nSPS) is 18.1. The van der Waals surface area contributed by atoms with E-state index in [0.29, 0.717) is 29.3 Å². The van der Waals surface area contributed by atoms with Crippen LogP contribution in [0, 0.1) is 18.3 Å². The Bertz CT molecular complexity index is 1550. The highest BCUT2D eigenvalue weighted by Crippen LogP contribution is 2.25. The highest BCUT2D eigenvalue weighted by molar-refractivity contribution is 6.31. The molecule has 5 rings (SSSR count). The molecule has 2 fully saturated rings. The van der Waals surface area contributed by atoms with Gasteiger partial charge in [-0.3, -0.25) is 14.4 Å². The number of carbonyl (C=O) groups excluding carboxylic acids is 3. The zero-order valence-electron chi connectivity index (χ0n) is 22.9. The first-order chi connectivity index (χ1) is 19.8. The number of nitriles is 1. The van der Waals surface area contributed by atoms with Gasteiger partial charge in [-0.15, -0.1) is 0 Å². The number of aryl methyl sites for hydroxylation is 1. The lowest BCUT2D eigenvalue weighted by molar-refractivity contribution is -0.140. The minimum atomic E-state index is -0.734. The van der Waals surface area contributed by atoms with Crippen molar-refractivity contribution in [3.05, 3.63) is 76.3 Å². The van der Waals surface area contributed by atoms with Crippen LogP contribution < -0.4 is 10.6 Å². The van der Waals surface area contributed by atoms with Crippen LogP contribution in [-0.2, 0) is 9.59 Å². The van der Waals surface area contributed by atoms with E-state index in [1.54, 1.807) is 40.1 Å². The largest absolute Gasteiger partial charge is 0.461 e. The first-order valence-electron chi connectivity index (χ1n) is 13.9. The maximum Gasteiger partial charge on any atom is 0.245 e. The molecule has 9 nitrogen and oxygen atoms in total. The van der Waals surface area contributed by atoms with E-state index in [2.05, 4.69) is 10.6 Å². The van der Waals surface area contributed by atoms with Gasteiger partial charge in [0.05, 0.1) is 6.54 Å². The molecule has 212 valence electrons. The molecule has 0 bridgehead atoms. The Kier molecular flexibility index (Phi) is 8.60. The van der Waals surface area contributed by atoms with Crippen molar-refractivity contribution >= 4 is 45.9 Å². The second-order valence-corrected chi connectivity index (χ2v) is 10.9. The van der Waals surface area contributed by atoms with Crippen LogP contribution in [0.15, 0.2) is 64.3 Å². The van der Waals surface area contributed by atoms with Gasteiger partial charge in [0.25, 0.3) is 0 Å². The topological polar surface area (TPSA) is 119 Å². The van der Waals surface area contributed by atoms with Gasteiger partial charge in [0, 0.05) is 41.3 Å². The standard InChI is InChI=1S/C31H32ClN5O4/c1-20-15-22-17-24(10-11-27(22)41-20)34-30(25(18-33)29(39)21-7-6-8-23(32)16-21)35-26-9-2-3-14-37(31(26)40)19-28(38)36-12-4-5-13-36/h6-8,10-11,15-17,26,34-35H,2-5,9,12-14,19H2,1H3/b30-25+. The Morgan fingerprint density at radius 3 is 2.61 bits per heavy atom. The number of carbonyl (C=O) groups is 3. The number of nitrogens with one attached hydrogen (secondary N) is 2. The zero-order valence-corrected chi connectivity index (χ0v) is 23.7. The molecule has 3 heterocycles. The maximum absolute atomic E-state index is 13.7. The molecule has 10 heteroatoms. The SMILES string of the molecule is Cc1cc2cc(N/C(NC3CCCCN(CC(=O)N4CCCC4)C3=O)=C(/C#N)C(=O)c3cccc(Cl)c3)ccc2o1. The number of halogens is 1. The number of ketones is 1. The van der Waals surface area contributed by atoms with Crippen LogP contribution in [0.1, 0.15) is 48.2 Å². The van der Waals surface area contributed by atoms with Crippen molar-refractivity contribution in [3.8, 4) is 6.07 Å². The quantitative estimate of drug-likeness (QED) is 0.221. The number of Topliss-reactive ketones (excluding diaryl/α,β-unsaturated/α-hetero) is 1. The molecular formula is C31H32ClN5O4. The second-order valence-electron chi connectivity index (χ2n) is 10.5. The fourth-order valence-corrected chi connectivity index (χ4v) is 5.55. The molecule has 2 N–H and O–H groups in total. The van der Waals surface area contributed by atoms with Gasteiger partial charge in [0.2, 0.25) is 17.6 Å². The summed E-state index contributed by atoms with van der Waals surface area (Å²) in [5.41, 5.74) is 1.38. The Morgan fingerprint density at radius 2 is 1.85 bits per heavy atom. The third-order valence-corrected chi connectivity index (χ3v) is 7.70. The summed E-state index contributed by atoms with van der Waals surface area (Å²) >= 11 is 6.13. The number of hydrogen-bond acceptors (Lipinski definition) is 7. The number of anilines is 1. The zero-order chi connectivity index (χ0) is 28.9. The average molecular weight is 574 g/mol. The molecule has 2 amide bonds. The molecule has 2 aromatic carbocycles. The van der Waals surface area contributed by atoms with Gasteiger partial charge in [-0.05, 0) is 75.4 Å². The van der Waals surface area contributed by atoms with Crippen molar-refractivity contribution in [1.82, 2.24) is 15.1 Å². The first-order valence-corrected chi connectivity index (χ1v) is 14.2. The molecule has 0 spiro atoms. The molecule has 1 aromatic heterocycles. The highest BCUT2D eigenvalue weighted by atomic mass is 35.5. The van der Waals surface area contributed by atoms with E-state index >= 15 is 0 Å². The molecule has 0 aliphatic carbocycles. The smallest absolute Gasteiger partial charge is 0.245 e. The average Bonchev–Trinajstić information content (AvgIpc) is 3.59. The van der Waals surface area contributed by atoms with Crippen molar-refractivity contribution in [1.29, 1.82) is 5.26 Å². The number of rotatable bonds is 8. The number of benzene rings is 2. The fourth-order valence-electron chi connectivity index (χ4n) is 5.36. The van der Waals surface area contributed by atoms with Crippen molar-refractivity contribution in [2.24, 2.45) is 0 Å². The predicted molar refractivity (Wildman–Crippen MR) is 156 cm³/mol. The monoisotopic (exact) mass is 573 g/mol. The number of likely N-dealkylation sites (tertiary alicyclic amines) is 2. The maximum atomic E-state index is 13.7. The van der Waals surface area contributed by atoms with E-state index in [1.165, 1.54) is 6.07 Å². The van der Waals surface area contributed by atoms with Gasteiger partial charge in [-0.2, -0.15) is 5.26 Å². The highest BCUT2D eigenvalue weighted by Gasteiger charge is 2.32. The van der Waals surface area contributed by atoms with Crippen molar-refractivity contribution in [2.45, 2.75) is 45.1 Å². The number of furan rings is 1.